The van der Waals surface area contributed by atoms with Crippen molar-refractivity contribution in [1.29, 1.82) is 0 Å². The summed E-state index contributed by atoms with van der Waals surface area (Å²) in [6.45, 7) is 2.86. The molecule has 1 amide bonds. The van der Waals surface area contributed by atoms with Gasteiger partial charge in [-0.15, -0.1) is 0 Å². The predicted octanol–water partition coefficient (Wildman–Crippen LogP) is 5.11. The fraction of sp³-hybridized carbons (Fsp3) is 0.154. The minimum Gasteiger partial charge on any atom is -0.436 e. The summed E-state index contributed by atoms with van der Waals surface area (Å²) in [4.78, 5) is 21.9. The van der Waals surface area contributed by atoms with Crippen LogP contribution in [-0.2, 0) is 0 Å². The van der Waals surface area contributed by atoms with Gasteiger partial charge in [0.05, 0.1) is 11.8 Å². The van der Waals surface area contributed by atoms with Crippen molar-refractivity contribution >= 4 is 11.6 Å². The van der Waals surface area contributed by atoms with Gasteiger partial charge in [0.25, 0.3) is 5.91 Å². The fourth-order valence-electron chi connectivity index (χ4n) is 3.98. The molecule has 32 heavy (non-hydrogen) atoms. The third-order valence-corrected chi connectivity index (χ3v) is 5.71. The van der Waals surface area contributed by atoms with Crippen molar-refractivity contribution in [2.75, 3.05) is 31.1 Å². The fourth-order valence-corrected chi connectivity index (χ4v) is 3.98. The van der Waals surface area contributed by atoms with E-state index < -0.39 is 0 Å². The SMILES string of the molecule is O=C(c1ccccc1-c1ncc(-c2ccc(F)cc2)o1)N1CCN(c2ccccc2)CC1. The van der Waals surface area contributed by atoms with Crippen molar-refractivity contribution < 1.29 is 13.6 Å². The molecule has 0 spiro atoms. The summed E-state index contributed by atoms with van der Waals surface area (Å²) >= 11 is 0. The molecule has 0 bridgehead atoms. The number of halogens is 1. The van der Waals surface area contributed by atoms with Crippen LogP contribution in [0.25, 0.3) is 22.8 Å². The molecule has 0 radical (unpaired) electrons. The normalized spacial score (nSPS) is 13.9. The summed E-state index contributed by atoms with van der Waals surface area (Å²) in [5, 5.41) is 0. The maximum atomic E-state index is 13.3. The van der Waals surface area contributed by atoms with E-state index in [4.69, 9.17) is 4.42 Å². The molecule has 5 nitrogen and oxygen atoms in total. The first-order valence-corrected chi connectivity index (χ1v) is 10.6. The van der Waals surface area contributed by atoms with Crippen LogP contribution < -0.4 is 4.90 Å². The van der Waals surface area contributed by atoms with E-state index >= 15 is 0 Å². The van der Waals surface area contributed by atoms with Gasteiger partial charge in [-0.05, 0) is 48.5 Å². The van der Waals surface area contributed by atoms with Gasteiger partial charge in [0.1, 0.15) is 5.82 Å². The largest absolute Gasteiger partial charge is 0.436 e. The molecule has 1 aromatic heterocycles. The Balaban J connectivity index is 1.35. The van der Waals surface area contributed by atoms with Crippen LogP contribution in [0.5, 0.6) is 0 Å². The van der Waals surface area contributed by atoms with Crippen LogP contribution in [0.2, 0.25) is 0 Å². The molecule has 0 N–H and O–H groups in total. The second-order valence-electron chi connectivity index (χ2n) is 7.70. The number of para-hydroxylation sites is 1. The van der Waals surface area contributed by atoms with E-state index in [2.05, 4.69) is 22.0 Å². The van der Waals surface area contributed by atoms with Gasteiger partial charge < -0.3 is 14.2 Å². The van der Waals surface area contributed by atoms with E-state index in [9.17, 15) is 9.18 Å². The van der Waals surface area contributed by atoms with Crippen LogP contribution in [0.3, 0.4) is 0 Å². The zero-order chi connectivity index (χ0) is 21.9. The van der Waals surface area contributed by atoms with Crippen molar-refractivity contribution in [3.05, 3.63) is 96.4 Å². The van der Waals surface area contributed by atoms with Gasteiger partial charge in [0.2, 0.25) is 5.89 Å². The average molecular weight is 427 g/mol. The number of nitrogens with zero attached hydrogens (tertiary/aromatic N) is 3. The second-order valence-corrected chi connectivity index (χ2v) is 7.70. The number of benzene rings is 3. The van der Waals surface area contributed by atoms with Crippen LogP contribution in [0.4, 0.5) is 10.1 Å². The standard InChI is InChI=1S/C26H22FN3O2/c27-20-12-10-19(11-13-20)24-18-28-25(32-24)22-8-4-5-9-23(22)26(31)30-16-14-29(15-17-30)21-6-2-1-3-7-21/h1-13,18H,14-17H2. The van der Waals surface area contributed by atoms with Crippen molar-refractivity contribution in [3.8, 4) is 22.8 Å². The molecule has 160 valence electrons. The molecule has 3 aromatic carbocycles. The molecule has 0 atom stereocenters. The second kappa shape index (κ2) is 8.67. The number of piperazine rings is 1. The summed E-state index contributed by atoms with van der Waals surface area (Å²) in [7, 11) is 0. The Bertz CT molecular complexity index is 1210. The zero-order valence-electron chi connectivity index (χ0n) is 17.4. The minimum atomic E-state index is -0.309. The van der Waals surface area contributed by atoms with E-state index in [0.29, 0.717) is 35.9 Å². The van der Waals surface area contributed by atoms with Crippen LogP contribution in [0.1, 0.15) is 10.4 Å². The molecule has 0 aliphatic carbocycles. The molecular weight excluding hydrogens is 405 g/mol. The Labute approximate surface area is 185 Å². The number of hydrogen-bond acceptors (Lipinski definition) is 4. The highest BCUT2D eigenvalue weighted by Gasteiger charge is 2.25. The van der Waals surface area contributed by atoms with E-state index in [1.54, 1.807) is 18.3 Å². The molecule has 1 aliphatic heterocycles. The van der Waals surface area contributed by atoms with Crippen LogP contribution in [-0.4, -0.2) is 42.0 Å². The number of rotatable bonds is 4. The lowest BCUT2D eigenvalue weighted by molar-refractivity contribution is 0.0747. The summed E-state index contributed by atoms with van der Waals surface area (Å²) < 4.78 is 19.2. The molecule has 6 heteroatoms. The molecule has 2 heterocycles. The first kappa shape index (κ1) is 20.0. The highest BCUT2D eigenvalue weighted by molar-refractivity contribution is 6.00. The Morgan fingerprint density at radius 3 is 2.28 bits per heavy atom. The lowest BCUT2D eigenvalue weighted by Gasteiger charge is -2.36. The first-order valence-electron chi connectivity index (χ1n) is 10.6. The summed E-state index contributed by atoms with van der Waals surface area (Å²) in [5.74, 6) is 0.557. The molecule has 4 aromatic rings. The highest BCUT2D eigenvalue weighted by atomic mass is 19.1. The lowest BCUT2D eigenvalue weighted by Crippen LogP contribution is -2.48. The van der Waals surface area contributed by atoms with Crippen molar-refractivity contribution in [2.45, 2.75) is 0 Å². The smallest absolute Gasteiger partial charge is 0.254 e. The molecule has 0 saturated carbocycles. The summed E-state index contributed by atoms with van der Waals surface area (Å²) in [5.41, 5.74) is 3.11. The number of aromatic nitrogens is 1. The molecule has 1 aliphatic rings. The Hall–Kier alpha value is -3.93. The molecule has 5 rings (SSSR count). The van der Waals surface area contributed by atoms with Crippen molar-refractivity contribution in [2.24, 2.45) is 0 Å². The Morgan fingerprint density at radius 1 is 0.844 bits per heavy atom. The number of anilines is 1. The number of carbonyl (C=O) groups is 1. The summed E-state index contributed by atoms with van der Waals surface area (Å²) in [6, 6.07) is 23.6. The van der Waals surface area contributed by atoms with E-state index in [1.807, 2.05) is 47.4 Å². The number of amides is 1. The van der Waals surface area contributed by atoms with Crippen LogP contribution >= 0.6 is 0 Å². The first-order chi connectivity index (χ1) is 15.7. The maximum absolute atomic E-state index is 13.3. The summed E-state index contributed by atoms with van der Waals surface area (Å²) in [6.07, 6.45) is 1.60. The average Bonchev–Trinajstić information content (AvgIpc) is 3.35. The van der Waals surface area contributed by atoms with Crippen LogP contribution in [0, 0.1) is 5.82 Å². The van der Waals surface area contributed by atoms with E-state index in [-0.39, 0.29) is 11.7 Å². The van der Waals surface area contributed by atoms with Gasteiger partial charge in [0.15, 0.2) is 5.76 Å². The zero-order valence-corrected chi connectivity index (χ0v) is 17.4. The predicted molar refractivity (Wildman–Crippen MR) is 122 cm³/mol. The number of oxazole rings is 1. The molecule has 0 unspecified atom stereocenters. The Morgan fingerprint density at radius 2 is 1.53 bits per heavy atom. The quantitative estimate of drug-likeness (QED) is 0.454. The maximum Gasteiger partial charge on any atom is 0.254 e. The highest BCUT2D eigenvalue weighted by Crippen LogP contribution is 2.29. The molecular formula is C26H22FN3O2. The minimum absolute atomic E-state index is 0.0326. The van der Waals surface area contributed by atoms with Gasteiger partial charge in [-0.3, -0.25) is 4.79 Å². The monoisotopic (exact) mass is 427 g/mol. The van der Waals surface area contributed by atoms with Gasteiger partial charge >= 0.3 is 0 Å². The van der Waals surface area contributed by atoms with Crippen molar-refractivity contribution in [3.63, 3.8) is 0 Å². The van der Waals surface area contributed by atoms with Crippen LogP contribution in [0.15, 0.2) is 89.5 Å². The van der Waals surface area contributed by atoms with Gasteiger partial charge in [-0.1, -0.05) is 30.3 Å². The van der Waals surface area contributed by atoms with Gasteiger partial charge in [-0.25, -0.2) is 9.37 Å². The lowest BCUT2D eigenvalue weighted by atomic mass is 10.1. The number of carbonyl (C=O) groups excluding carboxylic acids is 1. The Kier molecular flexibility index (Phi) is 5.42. The third kappa shape index (κ3) is 3.99. The number of hydrogen-bond donors (Lipinski definition) is 0. The van der Waals surface area contributed by atoms with E-state index in [1.165, 1.54) is 17.8 Å². The molecule has 1 saturated heterocycles. The van der Waals surface area contributed by atoms with Gasteiger partial charge in [0, 0.05) is 43.0 Å². The topological polar surface area (TPSA) is 49.6 Å². The van der Waals surface area contributed by atoms with E-state index in [0.717, 1.165) is 18.7 Å². The third-order valence-electron chi connectivity index (χ3n) is 5.71. The van der Waals surface area contributed by atoms with Crippen molar-refractivity contribution in [1.82, 2.24) is 9.88 Å². The van der Waals surface area contributed by atoms with Gasteiger partial charge in [-0.2, -0.15) is 0 Å². The molecule has 1 fully saturated rings.